The number of hydrogen-bond acceptors (Lipinski definition) is 5. The van der Waals surface area contributed by atoms with Crippen molar-refractivity contribution < 1.29 is 0 Å². The van der Waals surface area contributed by atoms with Crippen LogP contribution in [0.4, 0.5) is 5.69 Å². The minimum absolute atomic E-state index is 0.622. The van der Waals surface area contributed by atoms with Crippen LogP contribution in [0, 0.1) is 6.92 Å². The lowest BCUT2D eigenvalue weighted by atomic mass is 10.3. The third kappa shape index (κ3) is 1.59. The van der Waals surface area contributed by atoms with Gasteiger partial charge in [0.05, 0.1) is 11.9 Å². The Labute approximate surface area is 97.2 Å². The maximum absolute atomic E-state index is 5.59. The van der Waals surface area contributed by atoms with Gasteiger partial charge in [0, 0.05) is 11.8 Å². The summed E-state index contributed by atoms with van der Waals surface area (Å²) in [7, 11) is 0. The van der Waals surface area contributed by atoms with Crippen molar-refractivity contribution >= 4 is 11.3 Å². The number of rotatable bonds is 1. The highest BCUT2D eigenvalue weighted by Gasteiger charge is 2.09. The summed E-state index contributed by atoms with van der Waals surface area (Å²) in [6.07, 6.45) is 3.29. The fourth-order valence-electron chi connectivity index (χ4n) is 1.60. The summed E-state index contributed by atoms with van der Waals surface area (Å²) in [4.78, 5) is 8.43. The van der Waals surface area contributed by atoms with E-state index >= 15 is 0 Å². The van der Waals surface area contributed by atoms with Crippen molar-refractivity contribution in [2.45, 2.75) is 6.92 Å². The van der Waals surface area contributed by atoms with Crippen LogP contribution in [0.1, 0.15) is 5.69 Å². The second-order valence-electron chi connectivity index (χ2n) is 3.76. The quantitative estimate of drug-likeness (QED) is 0.671. The molecule has 3 aromatic heterocycles. The summed E-state index contributed by atoms with van der Waals surface area (Å²) in [5, 5.41) is 8.19. The van der Waals surface area contributed by atoms with Gasteiger partial charge in [0.15, 0.2) is 11.5 Å². The molecule has 0 aliphatic carbocycles. The topological polar surface area (TPSA) is 82.0 Å². The van der Waals surface area contributed by atoms with Crippen LogP contribution in [0.25, 0.3) is 17.2 Å². The van der Waals surface area contributed by atoms with E-state index in [0.717, 1.165) is 17.0 Å². The van der Waals surface area contributed by atoms with Gasteiger partial charge >= 0.3 is 0 Å². The minimum atomic E-state index is 0.622. The van der Waals surface area contributed by atoms with Crippen molar-refractivity contribution in [1.29, 1.82) is 0 Å². The smallest absolute Gasteiger partial charge is 0.188 e. The molecule has 0 fully saturated rings. The summed E-state index contributed by atoms with van der Waals surface area (Å²) in [5.74, 6) is 0.660. The molecule has 0 bridgehead atoms. The number of fused-ring (bicyclic) bond motifs is 1. The Morgan fingerprint density at radius 2 is 2.06 bits per heavy atom. The summed E-state index contributed by atoms with van der Waals surface area (Å²) in [6, 6.07) is 5.46. The zero-order valence-corrected chi connectivity index (χ0v) is 9.20. The average molecular weight is 226 g/mol. The molecule has 0 aliphatic rings. The van der Waals surface area contributed by atoms with Gasteiger partial charge in [0.2, 0.25) is 0 Å². The van der Waals surface area contributed by atoms with E-state index in [-0.39, 0.29) is 0 Å². The molecule has 0 saturated heterocycles. The molecule has 0 unspecified atom stereocenters. The first-order chi connectivity index (χ1) is 8.24. The van der Waals surface area contributed by atoms with Crippen LogP contribution in [0.3, 0.4) is 0 Å². The lowest BCUT2D eigenvalue weighted by Gasteiger charge is -1.99. The fourth-order valence-corrected chi connectivity index (χ4v) is 1.60. The number of nitrogen functional groups attached to an aromatic ring is 1. The molecule has 17 heavy (non-hydrogen) atoms. The first kappa shape index (κ1) is 9.71. The van der Waals surface area contributed by atoms with E-state index in [1.807, 2.05) is 19.1 Å². The second kappa shape index (κ2) is 3.51. The van der Waals surface area contributed by atoms with Crippen molar-refractivity contribution in [3.05, 3.63) is 36.4 Å². The number of nitrogens with two attached hydrogens (primary N) is 1. The van der Waals surface area contributed by atoms with E-state index in [1.54, 1.807) is 23.0 Å². The highest BCUT2D eigenvalue weighted by molar-refractivity contribution is 5.56. The first-order valence-corrected chi connectivity index (χ1v) is 5.13. The first-order valence-electron chi connectivity index (χ1n) is 5.13. The molecule has 6 heteroatoms. The molecule has 2 N–H and O–H groups in total. The molecule has 0 amide bonds. The summed E-state index contributed by atoms with van der Waals surface area (Å²) in [5.41, 5.74) is 8.60. The summed E-state index contributed by atoms with van der Waals surface area (Å²) < 4.78 is 1.80. The molecule has 0 atom stereocenters. The number of aryl methyl sites for hydroxylation is 1. The van der Waals surface area contributed by atoms with Crippen molar-refractivity contribution in [2.24, 2.45) is 0 Å². The van der Waals surface area contributed by atoms with Crippen molar-refractivity contribution in [3.63, 3.8) is 0 Å². The van der Waals surface area contributed by atoms with Gasteiger partial charge in [0.1, 0.15) is 12.0 Å². The third-order valence-corrected chi connectivity index (χ3v) is 2.45. The van der Waals surface area contributed by atoms with Gasteiger partial charge in [-0.25, -0.2) is 4.98 Å². The van der Waals surface area contributed by atoms with Gasteiger partial charge in [0.25, 0.3) is 0 Å². The van der Waals surface area contributed by atoms with Gasteiger partial charge in [-0.05, 0) is 19.1 Å². The number of aromatic nitrogens is 5. The van der Waals surface area contributed by atoms with Gasteiger partial charge in [-0.15, -0.1) is 10.2 Å². The minimum Gasteiger partial charge on any atom is -0.397 e. The molecule has 3 heterocycles. The van der Waals surface area contributed by atoms with Crippen LogP contribution in [-0.4, -0.2) is 24.6 Å². The zero-order chi connectivity index (χ0) is 11.8. The van der Waals surface area contributed by atoms with Gasteiger partial charge < -0.3 is 5.73 Å². The molecule has 0 aliphatic heterocycles. The number of anilines is 1. The average Bonchev–Trinajstić information content (AvgIpc) is 2.73. The lowest BCUT2D eigenvalue weighted by molar-refractivity contribution is 1.04. The fraction of sp³-hybridized carbons (Fsp3) is 0.0909. The SMILES string of the molecule is Cc1cc2nnc(-c3ccc(N)cn3)n2cn1. The highest BCUT2D eigenvalue weighted by atomic mass is 15.3. The van der Waals surface area contributed by atoms with Gasteiger partial charge in [-0.1, -0.05) is 0 Å². The largest absolute Gasteiger partial charge is 0.397 e. The van der Waals surface area contributed by atoms with Crippen LogP contribution in [0.2, 0.25) is 0 Å². The summed E-state index contributed by atoms with van der Waals surface area (Å²) in [6.45, 7) is 1.91. The van der Waals surface area contributed by atoms with Crippen molar-refractivity contribution in [3.8, 4) is 11.5 Å². The van der Waals surface area contributed by atoms with Crippen LogP contribution in [0.5, 0.6) is 0 Å². The predicted octanol–water partition coefficient (Wildman–Crippen LogP) is 1.08. The van der Waals surface area contributed by atoms with Gasteiger partial charge in [-0.2, -0.15) is 0 Å². The predicted molar refractivity (Wildman–Crippen MR) is 63.2 cm³/mol. The van der Waals surface area contributed by atoms with E-state index < -0.39 is 0 Å². The van der Waals surface area contributed by atoms with E-state index in [2.05, 4.69) is 20.2 Å². The summed E-state index contributed by atoms with van der Waals surface area (Å²) >= 11 is 0. The molecule has 0 saturated carbocycles. The maximum Gasteiger partial charge on any atom is 0.188 e. The van der Waals surface area contributed by atoms with Crippen LogP contribution in [-0.2, 0) is 0 Å². The van der Waals surface area contributed by atoms with Crippen LogP contribution in [0.15, 0.2) is 30.7 Å². The zero-order valence-electron chi connectivity index (χ0n) is 9.20. The molecule has 6 nitrogen and oxygen atoms in total. The molecule has 3 rings (SSSR count). The van der Waals surface area contributed by atoms with E-state index in [9.17, 15) is 0 Å². The van der Waals surface area contributed by atoms with Crippen molar-refractivity contribution in [1.82, 2.24) is 24.6 Å². The number of hydrogen-bond donors (Lipinski definition) is 1. The Balaban J connectivity index is 2.21. The maximum atomic E-state index is 5.59. The number of nitrogens with zero attached hydrogens (tertiary/aromatic N) is 5. The third-order valence-electron chi connectivity index (χ3n) is 2.45. The Kier molecular flexibility index (Phi) is 2.01. The highest BCUT2D eigenvalue weighted by Crippen LogP contribution is 2.16. The Morgan fingerprint density at radius 3 is 2.82 bits per heavy atom. The van der Waals surface area contributed by atoms with Crippen molar-refractivity contribution in [2.75, 3.05) is 5.73 Å². The van der Waals surface area contributed by atoms with E-state index in [1.165, 1.54) is 0 Å². The lowest BCUT2D eigenvalue weighted by Crippen LogP contribution is -1.95. The normalized spacial score (nSPS) is 10.9. The molecule has 84 valence electrons. The second-order valence-corrected chi connectivity index (χ2v) is 3.76. The van der Waals surface area contributed by atoms with Gasteiger partial charge in [-0.3, -0.25) is 9.38 Å². The van der Waals surface area contributed by atoms with Crippen LogP contribution >= 0.6 is 0 Å². The molecule has 0 radical (unpaired) electrons. The van der Waals surface area contributed by atoms with E-state index in [0.29, 0.717) is 11.5 Å². The molecule has 3 aromatic rings. The van der Waals surface area contributed by atoms with Crippen LogP contribution < -0.4 is 5.73 Å². The molecular formula is C11H10N6. The Hall–Kier alpha value is -2.50. The molecular weight excluding hydrogens is 216 g/mol. The Morgan fingerprint density at radius 1 is 1.18 bits per heavy atom. The number of pyridine rings is 1. The van der Waals surface area contributed by atoms with E-state index in [4.69, 9.17) is 5.73 Å². The Bertz CT molecular complexity index is 670. The monoisotopic (exact) mass is 226 g/mol. The molecule has 0 spiro atoms. The standard InChI is InChI=1S/C11H10N6/c1-7-4-10-15-16-11(17(10)6-14-7)9-3-2-8(12)5-13-9/h2-6H,12H2,1H3. The molecule has 0 aromatic carbocycles.